The van der Waals surface area contributed by atoms with Gasteiger partial charge in [0.15, 0.2) is 0 Å². The molecule has 1 saturated carbocycles. The van der Waals surface area contributed by atoms with Crippen molar-refractivity contribution in [1.82, 2.24) is 0 Å². The Morgan fingerprint density at radius 1 is 0.714 bits per heavy atom. The maximum atomic E-state index is 12.5. The molecule has 0 bridgehead atoms. The maximum absolute atomic E-state index is 12.5. The van der Waals surface area contributed by atoms with E-state index in [9.17, 15) is 19.2 Å². The van der Waals surface area contributed by atoms with Gasteiger partial charge in [0, 0.05) is 26.0 Å². The Morgan fingerprint density at radius 3 is 1.39 bits per heavy atom. The Morgan fingerprint density at radius 2 is 1.07 bits per heavy atom. The third kappa shape index (κ3) is 7.94. The van der Waals surface area contributed by atoms with Gasteiger partial charge >= 0.3 is 23.9 Å². The number of allylic oxidation sites excluding steroid dienone is 2. The normalized spacial score (nSPS) is 21.7. The van der Waals surface area contributed by atoms with Gasteiger partial charge in [0.2, 0.25) is 12.6 Å². The summed E-state index contributed by atoms with van der Waals surface area (Å²) < 4.78 is 20.2. The molecule has 0 amide bonds. The summed E-state index contributed by atoms with van der Waals surface area (Å²) in [4.78, 5) is 47.8. The molecule has 4 atom stereocenters. The van der Waals surface area contributed by atoms with Crippen LogP contribution < -0.4 is 0 Å². The minimum atomic E-state index is -1.07. The second-order valence-corrected chi connectivity index (χ2v) is 6.38. The zero-order valence-corrected chi connectivity index (χ0v) is 16.7. The minimum absolute atomic E-state index is 0.459. The van der Waals surface area contributed by atoms with Crippen molar-refractivity contribution in [2.75, 3.05) is 0 Å². The maximum Gasteiger partial charge on any atom is 0.333 e. The fraction of sp³-hybridized carbons (Fsp3) is 0.600. The van der Waals surface area contributed by atoms with E-state index in [2.05, 4.69) is 0 Å². The third-order valence-corrected chi connectivity index (χ3v) is 4.11. The number of carbonyl (C=O) groups is 4. The average molecular weight is 396 g/mol. The highest BCUT2D eigenvalue weighted by Crippen LogP contribution is 2.32. The zero-order valence-electron chi connectivity index (χ0n) is 16.7. The van der Waals surface area contributed by atoms with E-state index < -0.39 is 48.3 Å². The standard InChI is InChI=1S/C20H28O8/c1-5-9-17(21)25-13(3)27-19(23)15-11-7-8-12-16(15)20(24)28-14(4)26-18(22)10-6-2/h5-6,9-10,13-16H,7-8,11-12H2,1-4H3. The van der Waals surface area contributed by atoms with Gasteiger partial charge in [0.05, 0.1) is 11.8 Å². The van der Waals surface area contributed by atoms with E-state index in [0.717, 1.165) is 12.8 Å². The first-order valence-corrected chi connectivity index (χ1v) is 9.36. The van der Waals surface area contributed by atoms with Crippen molar-refractivity contribution in [3.63, 3.8) is 0 Å². The predicted octanol–water partition coefficient (Wildman–Crippen LogP) is 2.81. The molecule has 0 radical (unpaired) electrons. The fourth-order valence-electron chi connectivity index (χ4n) is 2.92. The lowest BCUT2D eigenvalue weighted by Crippen LogP contribution is -2.38. The van der Waals surface area contributed by atoms with Crippen molar-refractivity contribution in [3.8, 4) is 0 Å². The summed E-state index contributed by atoms with van der Waals surface area (Å²) in [5.74, 6) is -3.91. The topological polar surface area (TPSA) is 105 Å². The Balaban J connectivity index is 2.66. The molecule has 0 aromatic rings. The van der Waals surface area contributed by atoms with Gasteiger partial charge in [-0.2, -0.15) is 0 Å². The lowest BCUT2D eigenvalue weighted by Gasteiger charge is -2.29. The number of carbonyl (C=O) groups excluding carboxylic acids is 4. The first kappa shape index (κ1) is 23.4. The zero-order chi connectivity index (χ0) is 21.1. The third-order valence-electron chi connectivity index (χ3n) is 4.11. The Kier molecular flexibility index (Phi) is 9.98. The molecule has 0 saturated heterocycles. The first-order chi connectivity index (χ1) is 13.3. The van der Waals surface area contributed by atoms with Crippen molar-refractivity contribution in [1.29, 1.82) is 0 Å². The van der Waals surface area contributed by atoms with Crippen LogP contribution in [-0.4, -0.2) is 36.5 Å². The minimum Gasteiger partial charge on any atom is -0.425 e. The second-order valence-electron chi connectivity index (χ2n) is 6.38. The van der Waals surface area contributed by atoms with E-state index in [0.29, 0.717) is 12.8 Å². The summed E-state index contributed by atoms with van der Waals surface area (Å²) in [6.45, 7) is 6.18. The molecule has 0 aliphatic heterocycles. The van der Waals surface area contributed by atoms with E-state index in [-0.39, 0.29) is 0 Å². The smallest absolute Gasteiger partial charge is 0.333 e. The molecular weight excluding hydrogens is 368 g/mol. The predicted molar refractivity (Wildman–Crippen MR) is 98.4 cm³/mol. The van der Waals surface area contributed by atoms with Gasteiger partial charge in [-0.05, 0) is 26.7 Å². The van der Waals surface area contributed by atoms with Crippen LogP contribution in [0.4, 0.5) is 0 Å². The van der Waals surface area contributed by atoms with E-state index in [1.54, 1.807) is 13.8 Å². The highest BCUT2D eigenvalue weighted by Gasteiger charge is 2.39. The van der Waals surface area contributed by atoms with Crippen LogP contribution in [0.1, 0.15) is 53.4 Å². The van der Waals surface area contributed by atoms with Crippen LogP contribution in [0.3, 0.4) is 0 Å². The number of ether oxygens (including phenoxy) is 4. The number of esters is 4. The van der Waals surface area contributed by atoms with Gasteiger partial charge in [-0.1, -0.05) is 25.0 Å². The summed E-state index contributed by atoms with van der Waals surface area (Å²) in [6.07, 6.45) is 5.74. The van der Waals surface area contributed by atoms with E-state index in [1.807, 2.05) is 0 Å². The molecule has 0 heterocycles. The number of rotatable bonds is 8. The van der Waals surface area contributed by atoms with Gasteiger partial charge in [0.1, 0.15) is 0 Å². The van der Waals surface area contributed by atoms with Crippen LogP contribution in [0.25, 0.3) is 0 Å². The Labute approximate surface area is 164 Å². The van der Waals surface area contributed by atoms with E-state index >= 15 is 0 Å². The second kappa shape index (κ2) is 11.9. The molecular formula is C20H28O8. The SMILES string of the molecule is CC=CC(=O)OC(C)OC(=O)C1CCCCC1C(=O)OC(C)OC(=O)C=CC. The quantitative estimate of drug-likeness (QED) is 0.350. The molecule has 8 nitrogen and oxygen atoms in total. The Hall–Kier alpha value is -2.64. The summed E-state index contributed by atoms with van der Waals surface area (Å²) in [7, 11) is 0. The lowest BCUT2D eigenvalue weighted by molar-refractivity contribution is -0.196. The van der Waals surface area contributed by atoms with E-state index in [1.165, 1.54) is 38.2 Å². The molecule has 1 rings (SSSR count). The van der Waals surface area contributed by atoms with Gasteiger partial charge in [-0.25, -0.2) is 9.59 Å². The summed E-state index contributed by atoms with van der Waals surface area (Å²) in [5.41, 5.74) is 0. The van der Waals surface area contributed by atoms with Crippen molar-refractivity contribution in [2.45, 2.75) is 66.0 Å². The summed E-state index contributed by atoms with van der Waals surface area (Å²) in [5, 5.41) is 0. The highest BCUT2D eigenvalue weighted by atomic mass is 16.7. The summed E-state index contributed by atoms with van der Waals surface area (Å²) in [6, 6.07) is 0. The molecule has 1 fully saturated rings. The lowest BCUT2D eigenvalue weighted by atomic mass is 9.79. The van der Waals surface area contributed by atoms with Crippen LogP contribution >= 0.6 is 0 Å². The van der Waals surface area contributed by atoms with Crippen LogP contribution in [0.15, 0.2) is 24.3 Å². The Bertz CT molecular complexity index is 568. The van der Waals surface area contributed by atoms with Crippen molar-refractivity contribution < 1.29 is 38.1 Å². The van der Waals surface area contributed by atoms with E-state index in [4.69, 9.17) is 18.9 Å². The molecule has 0 spiro atoms. The highest BCUT2D eigenvalue weighted by molar-refractivity contribution is 5.84. The van der Waals surface area contributed by atoms with Crippen molar-refractivity contribution in [3.05, 3.63) is 24.3 Å². The molecule has 0 aromatic carbocycles. The van der Waals surface area contributed by atoms with Gasteiger partial charge < -0.3 is 18.9 Å². The van der Waals surface area contributed by atoms with Crippen LogP contribution in [0.2, 0.25) is 0 Å². The van der Waals surface area contributed by atoms with Gasteiger partial charge in [0.25, 0.3) is 0 Å². The molecule has 156 valence electrons. The molecule has 4 unspecified atom stereocenters. The largest absolute Gasteiger partial charge is 0.425 e. The number of hydrogen-bond donors (Lipinski definition) is 0. The average Bonchev–Trinajstić information content (AvgIpc) is 2.61. The fourth-order valence-corrected chi connectivity index (χ4v) is 2.92. The van der Waals surface area contributed by atoms with Gasteiger partial charge in [-0.3, -0.25) is 9.59 Å². The molecule has 28 heavy (non-hydrogen) atoms. The van der Waals surface area contributed by atoms with Gasteiger partial charge in [-0.15, -0.1) is 0 Å². The van der Waals surface area contributed by atoms with Crippen LogP contribution in [-0.2, 0) is 38.1 Å². The summed E-state index contributed by atoms with van der Waals surface area (Å²) >= 11 is 0. The van der Waals surface area contributed by atoms with Crippen LogP contribution in [0.5, 0.6) is 0 Å². The first-order valence-electron chi connectivity index (χ1n) is 9.36. The molecule has 1 aliphatic rings. The molecule has 8 heteroatoms. The van der Waals surface area contributed by atoms with Crippen molar-refractivity contribution in [2.24, 2.45) is 11.8 Å². The van der Waals surface area contributed by atoms with Crippen LogP contribution in [0, 0.1) is 11.8 Å². The molecule has 1 aliphatic carbocycles. The van der Waals surface area contributed by atoms with Crippen molar-refractivity contribution >= 4 is 23.9 Å². The molecule has 0 aromatic heterocycles. The molecule has 0 N–H and O–H groups in total. The number of hydrogen-bond acceptors (Lipinski definition) is 8. The monoisotopic (exact) mass is 396 g/mol.